The Morgan fingerprint density at radius 1 is 1.64 bits per heavy atom. The Hall–Kier alpha value is -1.44. The van der Waals surface area contributed by atoms with Crippen molar-refractivity contribution in [2.75, 3.05) is 19.8 Å². The maximum Gasteiger partial charge on any atom is 0.145 e. The maximum absolute atomic E-state index is 8.87. The predicted molar refractivity (Wildman–Crippen MR) is 50.5 cm³/mol. The highest BCUT2D eigenvalue weighted by Gasteiger charge is 2.18. The van der Waals surface area contributed by atoms with Gasteiger partial charge in [0.25, 0.3) is 0 Å². The third-order valence-electron chi connectivity index (χ3n) is 2.24. The summed E-state index contributed by atoms with van der Waals surface area (Å²) in [7, 11) is 0. The van der Waals surface area contributed by atoms with Crippen LogP contribution in [0.15, 0.2) is 18.3 Å². The van der Waals surface area contributed by atoms with Crippen molar-refractivity contribution in [3.63, 3.8) is 0 Å². The highest BCUT2D eigenvalue weighted by Crippen LogP contribution is 2.17. The Kier molecular flexibility index (Phi) is 2.73. The Morgan fingerprint density at radius 3 is 3.29 bits per heavy atom. The zero-order chi connectivity index (χ0) is 9.80. The molecule has 0 bridgehead atoms. The Bertz CT molecular complexity index is 353. The third-order valence-corrected chi connectivity index (χ3v) is 2.24. The number of nitrogens with zero attached hydrogens (tertiary/aromatic N) is 2. The zero-order valence-corrected chi connectivity index (χ0v) is 7.73. The van der Waals surface area contributed by atoms with Gasteiger partial charge in [0, 0.05) is 18.3 Å². The summed E-state index contributed by atoms with van der Waals surface area (Å²) in [6, 6.07) is 5.94. The molecule has 0 amide bonds. The van der Waals surface area contributed by atoms with Crippen LogP contribution in [-0.4, -0.2) is 24.7 Å². The van der Waals surface area contributed by atoms with Gasteiger partial charge >= 0.3 is 0 Å². The van der Waals surface area contributed by atoms with Crippen molar-refractivity contribution < 1.29 is 4.74 Å². The molecule has 0 radical (unpaired) electrons. The van der Waals surface area contributed by atoms with Crippen LogP contribution >= 0.6 is 0 Å². The molecule has 1 atom stereocenters. The largest absolute Gasteiger partial charge is 0.378 e. The molecule has 1 aromatic heterocycles. The minimum atomic E-state index is 0.104. The molecule has 1 aliphatic rings. The fourth-order valence-corrected chi connectivity index (χ4v) is 1.56. The number of nitrogens with one attached hydrogen (secondary N) is 1. The minimum Gasteiger partial charge on any atom is -0.378 e. The highest BCUT2D eigenvalue weighted by molar-refractivity contribution is 5.33. The molecule has 4 nitrogen and oxygen atoms in total. The molecule has 72 valence electrons. The standard InChI is InChI=1S/C10H11N3O/c11-6-9-8(2-1-3-12-9)10-7-14-5-4-13-10/h1-3,10,13H,4-5,7H2. The molecule has 0 spiro atoms. The lowest BCUT2D eigenvalue weighted by atomic mass is 10.1. The van der Waals surface area contributed by atoms with Crippen molar-refractivity contribution in [1.29, 1.82) is 5.26 Å². The lowest BCUT2D eigenvalue weighted by Crippen LogP contribution is -2.35. The van der Waals surface area contributed by atoms with E-state index >= 15 is 0 Å². The third kappa shape index (κ3) is 1.74. The Labute approximate surface area is 82.5 Å². The van der Waals surface area contributed by atoms with Crippen molar-refractivity contribution in [3.8, 4) is 6.07 Å². The number of aromatic nitrogens is 1. The van der Waals surface area contributed by atoms with E-state index in [9.17, 15) is 0 Å². The summed E-state index contributed by atoms with van der Waals surface area (Å²) >= 11 is 0. The van der Waals surface area contributed by atoms with E-state index in [0.717, 1.165) is 18.7 Å². The van der Waals surface area contributed by atoms with E-state index in [2.05, 4.69) is 16.4 Å². The second-order valence-electron chi connectivity index (χ2n) is 3.13. The van der Waals surface area contributed by atoms with E-state index in [-0.39, 0.29) is 6.04 Å². The van der Waals surface area contributed by atoms with Gasteiger partial charge in [-0.1, -0.05) is 6.07 Å². The van der Waals surface area contributed by atoms with E-state index in [1.165, 1.54) is 0 Å². The average molecular weight is 189 g/mol. The van der Waals surface area contributed by atoms with Crippen LogP contribution in [0.5, 0.6) is 0 Å². The van der Waals surface area contributed by atoms with Gasteiger partial charge in [-0.05, 0) is 6.07 Å². The van der Waals surface area contributed by atoms with Crippen LogP contribution in [0.25, 0.3) is 0 Å². The number of hydrogen-bond acceptors (Lipinski definition) is 4. The summed E-state index contributed by atoms with van der Waals surface area (Å²) in [6.45, 7) is 2.17. The molecule has 2 rings (SSSR count). The van der Waals surface area contributed by atoms with Crippen LogP contribution in [0.1, 0.15) is 17.3 Å². The van der Waals surface area contributed by atoms with E-state index in [1.807, 2.05) is 12.1 Å². The van der Waals surface area contributed by atoms with Crippen LogP contribution in [0.2, 0.25) is 0 Å². The van der Waals surface area contributed by atoms with Crippen molar-refractivity contribution >= 4 is 0 Å². The van der Waals surface area contributed by atoms with Gasteiger partial charge < -0.3 is 10.1 Å². The molecule has 1 fully saturated rings. The summed E-state index contributed by atoms with van der Waals surface area (Å²) < 4.78 is 5.34. The molecule has 1 aromatic rings. The number of ether oxygens (including phenoxy) is 1. The second kappa shape index (κ2) is 4.18. The summed E-state index contributed by atoms with van der Waals surface area (Å²) in [6.07, 6.45) is 1.63. The summed E-state index contributed by atoms with van der Waals surface area (Å²) in [5.41, 5.74) is 1.41. The molecule has 0 saturated carbocycles. The molecular weight excluding hydrogens is 178 g/mol. The number of nitriles is 1. The van der Waals surface area contributed by atoms with Crippen molar-refractivity contribution in [3.05, 3.63) is 29.6 Å². The molecule has 14 heavy (non-hydrogen) atoms. The van der Waals surface area contributed by atoms with Gasteiger partial charge in [0.2, 0.25) is 0 Å². The number of rotatable bonds is 1. The predicted octanol–water partition coefficient (Wildman–Crippen LogP) is 0.614. The van der Waals surface area contributed by atoms with E-state index in [0.29, 0.717) is 12.3 Å². The molecule has 0 aliphatic carbocycles. The number of pyridine rings is 1. The van der Waals surface area contributed by atoms with Gasteiger partial charge in [-0.25, -0.2) is 4.98 Å². The highest BCUT2D eigenvalue weighted by atomic mass is 16.5. The van der Waals surface area contributed by atoms with Crippen molar-refractivity contribution in [2.24, 2.45) is 0 Å². The van der Waals surface area contributed by atoms with E-state index < -0.39 is 0 Å². The zero-order valence-electron chi connectivity index (χ0n) is 7.73. The molecule has 1 unspecified atom stereocenters. The van der Waals surface area contributed by atoms with Crippen molar-refractivity contribution in [2.45, 2.75) is 6.04 Å². The van der Waals surface area contributed by atoms with Crippen LogP contribution < -0.4 is 5.32 Å². The molecule has 1 N–H and O–H groups in total. The van der Waals surface area contributed by atoms with Crippen LogP contribution in [0.3, 0.4) is 0 Å². The topological polar surface area (TPSA) is 57.9 Å². The number of morpholine rings is 1. The summed E-state index contributed by atoms with van der Waals surface area (Å²) in [4.78, 5) is 4.02. The lowest BCUT2D eigenvalue weighted by molar-refractivity contribution is 0.0767. The van der Waals surface area contributed by atoms with Gasteiger partial charge in [0.1, 0.15) is 11.8 Å². The van der Waals surface area contributed by atoms with Crippen LogP contribution in [0.4, 0.5) is 0 Å². The fraction of sp³-hybridized carbons (Fsp3) is 0.400. The SMILES string of the molecule is N#Cc1ncccc1C1COCCN1. The summed E-state index contributed by atoms with van der Waals surface area (Å²) in [5, 5.41) is 12.2. The minimum absolute atomic E-state index is 0.104. The average Bonchev–Trinajstić information content (AvgIpc) is 2.30. The van der Waals surface area contributed by atoms with Crippen LogP contribution in [-0.2, 0) is 4.74 Å². The molecule has 0 aromatic carbocycles. The second-order valence-corrected chi connectivity index (χ2v) is 3.13. The normalized spacial score (nSPS) is 21.5. The van der Waals surface area contributed by atoms with Crippen LogP contribution in [0, 0.1) is 11.3 Å². The summed E-state index contributed by atoms with van der Waals surface area (Å²) in [5.74, 6) is 0. The smallest absolute Gasteiger partial charge is 0.145 e. The molecule has 2 heterocycles. The quantitative estimate of drug-likeness (QED) is 0.703. The van der Waals surface area contributed by atoms with Gasteiger partial charge in [-0.2, -0.15) is 5.26 Å². The van der Waals surface area contributed by atoms with Gasteiger partial charge in [-0.3, -0.25) is 0 Å². The molecule has 4 heteroatoms. The Balaban J connectivity index is 2.26. The first kappa shape index (κ1) is 9.13. The first-order chi connectivity index (χ1) is 6.92. The maximum atomic E-state index is 8.87. The van der Waals surface area contributed by atoms with Gasteiger partial charge in [0.05, 0.1) is 19.3 Å². The van der Waals surface area contributed by atoms with Gasteiger partial charge in [0.15, 0.2) is 0 Å². The first-order valence-corrected chi connectivity index (χ1v) is 4.58. The Morgan fingerprint density at radius 2 is 2.57 bits per heavy atom. The molecular formula is C10H11N3O. The van der Waals surface area contributed by atoms with Crippen molar-refractivity contribution in [1.82, 2.24) is 10.3 Å². The molecule has 1 saturated heterocycles. The first-order valence-electron chi connectivity index (χ1n) is 4.58. The lowest BCUT2D eigenvalue weighted by Gasteiger charge is -2.24. The van der Waals surface area contributed by atoms with E-state index in [4.69, 9.17) is 10.00 Å². The fourth-order valence-electron chi connectivity index (χ4n) is 1.56. The number of hydrogen-bond donors (Lipinski definition) is 1. The van der Waals surface area contributed by atoms with Gasteiger partial charge in [-0.15, -0.1) is 0 Å². The monoisotopic (exact) mass is 189 g/mol. The molecule has 1 aliphatic heterocycles. The van der Waals surface area contributed by atoms with E-state index in [1.54, 1.807) is 6.20 Å².